The van der Waals surface area contributed by atoms with Crippen LogP contribution in [-0.2, 0) is 12.5 Å². The van der Waals surface area contributed by atoms with Gasteiger partial charge in [0.25, 0.3) is 0 Å². The predicted molar refractivity (Wildman–Crippen MR) is 86.5 cm³/mol. The quantitative estimate of drug-likeness (QED) is 0.908. The van der Waals surface area contributed by atoms with E-state index in [0.29, 0.717) is 0 Å². The number of hydrogen-bond acceptors (Lipinski definition) is 3. The van der Waals surface area contributed by atoms with E-state index in [0.717, 1.165) is 22.5 Å². The molecule has 21 heavy (non-hydrogen) atoms. The van der Waals surface area contributed by atoms with E-state index in [1.165, 1.54) is 0 Å². The fourth-order valence-electron chi connectivity index (χ4n) is 2.49. The molecule has 0 fully saturated rings. The number of aliphatic hydroxyl groups excluding tert-OH is 1. The number of nitrogens with zero attached hydrogens (tertiary/aromatic N) is 2. The molecule has 0 amide bonds. The summed E-state index contributed by atoms with van der Waals surface area (Å²) in [5.41, 5.74) is 4.22. The van der Waals surface area contributed by atoms with E-state index in [4.69, 9.17) is 0 Å². The van der Waals surface area contributed by atoms with Gasteiger partial charge in [0, 0.05) is 29.9 Å². The topological polar surface area (TPSA) is 50.1 Å². The third-order valence-electron chi connectivity index (χ3n) is 3.60. The van der Waals surface area contributed by atoms with E-state index in [-0.39, 0.29) is 18.1 Å². The lowest BCUT2D eigenvalue weighted by Crippen LogP contribution is -2.21. The van der Waals surface area contributed by atoms with E-state index in [1.807, 2.05) is 36.1 Å². The number of aromatic nitrogens is 2. The third-order valence-corrected chi connectivity index (χ3v) is 3.60. The van der Waals surface area contributed by atoms with E-state index < -0.39 is 0 Å². The number of benzene rings is 1. The Balaban J connectivity index is 2.37. The zero-order valence-electron chi connectivity index (χ0n) is 13.5. The largest absolute Gasteiger partial charge is 0.394 e. The van der Waals surface area contributed by atoms with Gasteiger partial charge < -0.3 is 10.4 Å². The average molecular weight is 287 g/mol. The van der Waals surface area contributed by atoms with E-state index >= 15 is 0 Å². The van der Waals surface area contributed by atoms with Gasteiger partial charge in [-0.1, -0.05) is 39.0 Å². The van der Waals surface area contributed by atoms with E-state index in [2.05, 4.69) is 44.2 Å². The minimum absolute atomic E-state index is 0.0309. The monoisotopic (exact) mass is 287 g/mol. The van der Waals surface area contributed by atoms with Gasteiger partial charge in [-0.3, -0.25) is 4.68 Å². The van der Waals surface area contributed by atoms with Gasteiger partial charge in [-0.05, 0) is 18.6 Å². The van der Waals surface area contributed by atoms with Crippen LogP contribution >= 0.6 is 0 Å². The van der Waals surface area contributed by atoms with Crippen LogP contribution in [0.25, 0.3) is 0 Å². The number of rotatable bonds is 4. The standard InChI is InChI=1S/C17H25N3O/c1-12-8-6-7-9-14(12)18-15(11-21)13-10-20(5)19-16(13)17(2,3)4/h6-10,15,18,21H,11H2,1-5H3. The highest BCUT2D eigenvalue weighted by Gasteiger charge is 2.26. The Kier molecular flexibility index (Phi) is 4.37. The molecule has 1 aromatic heterocycles. The van der Waals surface area contributed by atoms with Gasteiger partial charge in [0.2, 0.25) is 0 Å². The summed E-state index contributed by atoms with van der Waals surface area (Å²) in [6, 6.07) is 7.95. The summed E-state index contributed by atoms with van der Waals surface area (Å²) in [5, 5.41) is 17.8. The van der Waals surface area contributed by atoms with Crippen LogP contribution in [-0.4, -0.2) is 21.5 Å². The summed E-state index contributed by atoms with van der Waals surface area (Å²) in [4.78, 5) is 0. The molecule has 1 aromatic carbocycles. The summed E-state index contributed by atoms with van der Waals surface area (Å²) in [6.45, 7) is 8.51. The maximum Gasteiger partial charge on any atom is 0.0778 e. The molecule has 0 aliphatic heterocycles. The van der Waals surface area contributed by atoms with Crippen molar-refractivity contribution in [1.82, 2.24) is 9.78 Å². The molecule has 0 saturated carbocycles. The lowest BCUT2D eigenvalue weighted by atomic mass is 9.87. The lowest BCUT2D eigenvalue weighted by Gasteiger charge is -2.23. The van der Waals surface area contributed by atoms with Gasteiger partial charge in [-0.25, -0.2) is 0 Å². The number of aryl methyl sites for hydroxylation is 2. The first kappa shape index (κ1) is 15.6. The van der Waals surface area contributed by atoms with Crippen molar-refractivity contribution < 1.29 is 5.11 Å². The molecule has 0 saturated heterocycles. The summed E-state index contributed by atoms with van der Waals surface area (Å²) in [7, 11) is 1.92. The van der Waals surface area contributed by atoms with E-state index in [9.17, 15) is 5.11 Å². The van der Waals surface area contributed by atoms with Crippen LogP contribution in [0.15, 0.2) is 30.5 Å². The molecule has 0 bridgehead atoms. The van der Waals surface area contributed by atoms with Crippen molar-refractivity contribution in [3.05, 3.63) is 47.3 Å². The highest BCUT2D eigenvalue weighted by Crippen LogP contribution is 2.30. The number of hydrogen-bond donors (Lipinski definition) is 2. The lowest BCUT2D eigenvalue weighted by molar-refractivity contribution is 0.275. The van der Waals surface area contributed by atoms with Crippen LogP contribution in [0.1, 0.15) is 43.6 Å². The first-order valence-corrected chi connectivity index (χ1v) is 7.30. The summed E-state index contributed by atoms with van der Waals surface area (Å²) in [5.74, 6) is 0. The number of nitrogens with one attached hydrogen (secondary N) is 1. The summed E-state index contributed by atoms with van der Waals surface area (Å²) in [6.07, 6.45) is 1.99. The molecule has 114 valence electrons. The van der Waals surface area contributed by atoms with Crippen molar-refractivity contribution in [1.29, 1.82) is 0 Å². The molecular weight excluding hydrogens is 262 g/mol. The SMILES string of the molecule is Cc1ccccc1NC(CO)c1cn(C)nc1C(C)(C)C. The molecule has 0 radical (unpaired) electrons. The fraction of sp³-hybridized carbons (Fsp3) is 0.471. The fourth-order valence-corrected chi connectivity index (χ4v) is 2.49. The molecule has 2 N–H and O–H groups in total. The second-order valence-electron chi connectivity index (χ2n) is 6.55. The van der Waals surface area contributed by atoms with Crippen molar-refractivity contribution in [3.8, 4) is 0 Å². The van der Waals surface area contributed by atoms with Gasteiger partial charge in [0.15, 0.2) is 0 Å². The van der Waals surface area contributed by atoms with Crippen LogP contribution in [0.3, 0.4) is 0 Å². The van der Waals surface area contributed by atoms with Gasteiger partial charge in [-0.2, -0.15) is 5.10 Å². The number of anilines is 1. The maximum absolute atomic E-state index is 9.83. The van der Waals surface area contributed by atoms with Crippen LogP contribution in [0.4, 0.5) is 5.69 Å². The molecule has 0 aliphatic rings. The molecule has 4 nitrogen and oxygen atoms in total. The molecule has 0 spiro atoms. The first-order valence-electron chi connectivity index (χ1n) is 7.30. The zero-order chi connectivity index (χ0) is 15.6. The molecule has 1 heterocycles. The second kappa shape index (κ2) is 5.90. The molecule has 2 aromatic rings. The minimum atomic E-state index is -0.158. The Morgan fingerprint density at radius 1 is 1.29 bits per heavy atom. The van der Waals surface area contributed by atoms with E-state index in [1.54, 1.807) is 0 Å². The Hall–Kier alpha value is -1.81. The molecule has 1 atom stereocenters. The zero-order valence-corrected chi connectivity index (χ0v) is 13.5. The Morgan fingerprint density at radius 3 is 2.52 bits per heavy atom. The van der Waals surface area contributed by atoms with Crippen molar-refractivity contribution in [2.45, 2.75) is 39.2 Å². The minimum Gasteiger partial charge on any atom is -0.394 e. The molecular formula is C17H25N3O. The molecule has 1 unspecified atom stereocenters. The van der Waals surface area contributed by atoms with Gasteiger partial charge in [0.1, 0.15) is 0 Å². The Morgan fingerprint density at radius 2 is 1.95 bits per heavy atom. The normalized spacial score (nSPS) is 13.2. The van der Waals surface area contributed by atoms with Gasteiger partial charge in [0.05, 0.1) is 18.3 Å². The van der Waals surface area contributed by atoms with Crippen LogP contribution in [0.2, 0.25) is 0 Å². The number of aliphatic hydroxyl groups is 1. The van der Waals surface area contributed by atoms with Gasteiger partial charge in [-0.15, -0.1) is 0 Å². The first-order chi connectivity index (χ1) is 9.82. The van der Waals surface area contributed by atoms with Crippen molar-refractivity contribution >= 4 is 5.69 Å². The highest BCUT2D eigenvalue weighted by atomic mass is 16.3. The van der Waals surface area contributed by atoms with Crippen molar-refractivity contribution in [2.24, 2.45) is 7.05 Å². The Bertz CT molecular complexity index is 611. The van der Waals surface area contributed by atoms with Crippen LogP contribution < -0.4 is 5.32 Å². The third kappa shape index (κ3) is 3.45. The predicted octanol–water partition coefficient (Wildman–Crippen LogP) is 3.17. The molecule has 4 heteroatoms. The highest BCUT2D eigenvalue weighted by molar-refractivity contribution is 5.52. The smallest absolute Gasteiger partial charge is 0.0778 e. The summed E-state index contributed by atoms with van der Waals surface area (Å²) >= 11 is 0. The van der Waals surface area contributed by atoms with Crippen LogP contribution in [0.5, 0.6) is 0 Å². The van der Waals surface area contributed by atoms with Crippen LogP contribution in [0, 0.1) is 6.92 Å². The Labute approximate surface area is 126 Å². The second-order valence-corrected chi connectivity index (χ2v) is 6.55. The molecule has 0 aliphatic carbocycles. The van der Waals surface area contributed by atoms with Gasteiger partial charge >= 0.3 is 0 Å². The summed E-state index contributed by atoms with van der Waals surface area (Å²) < 4.78 is 1.82. The maximum atomic E-state index is 9.83. The van der Waals surface area contributed by atoms with Crippen molar-refractivity contribution in [2.75, 3.05) is 11.9 Å². The molecule has 2 rings (SSSR count). The number of para-hydroxylation sites is 1. The van der Waals surface area contributed by atoms with Crippen molar-refractivity contribution in [3.63, 3.8) is 0 Å². The average Bonchev–Trinajstić information content (AvgIpc) is 2.80.